The molecule has 0 amide bonds. The van der Waals surface area contributed by atoms with Crippen molar-refractivity contribution < 1.29 is 19.0 Å². The van der Waals surface area contributed by atoms with E-state index in [0.717, 1.165) is 71.9 Å². The molecule has 0 saturated heterocycles. The molecule has 0 atom stereocenters. The first kappa shape index (κ1) is 29.4. The van der Waals surface area contributed by atoms with E-state index in [1.54, 1.807) is 21.3 Å². The lowest BCUT2D eigenvalue weighted by atomic mass is 9.81. The maximum Gasteiger partial charge on any atom is 0.348 e. The van der Waals surface area contributed by atoms with Crippen molar-refractivity contribution in [2.75, 3.05) is 21.3 Å². The van der Waals surface area contributed by atoms with Crippen LogP contribution in [0.25, 0.3) is 23.3 Å². The van der Waals surface area contributed by atoms with Gasteiger partial charge in [0.25, 0.3) is 0 Å². The van der Waals surface area contributed by atoms with E-state index in [0.29, 0.717) is 0 Å². The van der Waals surface area contributed by atoms with Crippen molar-refractivity contribution in [3.05, 3.63) is 156 Å². The van der Waals surface area contributed by atoms with Gasteiger partial charge in [-0.25, -0.2) is 0 Å². The predicted octanol–water partition coefficient (Wildman–Crippen LogP) is 7.39. The average Bonchev–Trinajstić information content (AvgIpc) is 3.13. The molecule has 0 radical (unpaired) electrons. The van der Waals surface area contributed by atoms with Crippen molar-refractivity contribution in [3.63, 3.8) is 0 Å². The summed E-state index contributed by atoms with van der Waals surface area (Å²) in [5.41, 5.74) is 6.08. The molecule has 0 saturated carbocycles. The summed E-state index contributed by atoms with van der Waals surface area (Å²) in [6.45, 7) is -2.68. The highest BCUT2D eigenvalue weighted by Gasteiger charge is 2.37. The molecule has 0 aromatic heterocycles. The minimum atomic E-state index is -2.68. The number of allylic oxidation sites excluding steroid dienone is 4. The van der Waals surface area contributed by atoms with E-state index in [-0.39, 0.29) is 5.78 Å². The number of ether oxygens (including phenoxy) is 3. The molecule has 1 N–H and O–H groups in total. The van der Waals surface area contributed by atoms with Crippen LogP contribution in [0.1, 0.15) is 22.3 Å². The summed E-state index contributed by atoms with van der Waals surface area (Å²) in [4.78, 5) is 11.8. The van der Waals surface area contributed by atoms with E-state index in [2.05, 4.69) is 84.9 Å². The van der Waals surface area contributed by atoms with Crippen molar-refractivity contribution in [2.45, 2.75) is 0 Å². The van der Waals surface area contributed by atoms with Crippen molar-refractivity contribution in [2.24, 2.45) is 0 Å². The van der Waals surface area contributed by atoms with E-state index >= 15 is 0 Å². The highest BCUT2D eigenvalue weighted by molar-refractivity contribution is 7.96. The van der Waals surface area contributed by atoms with Gasteiger partial charge in [-0.15, -0.1) is 0 Å². The molecule has 226 valence electrons. The van der Waals surface area contributed by atoms with Gasteiger partial charge in [0.1, 0.15) is 17.2 Å². The second kappa shape index (κ2) is 12.2. The number of hydrogen-bond donors (Lipinski definition) is 0. The van der Waals surface area contributed by atoms with Crippen molar-refractivity contribution in [3.8, 4) is 17.2 Å². The number of benzene rings is 5. The van der Waals surface area contributed by atoms with Crippen molar-refractivity contribution >= 4 is 57.2 Å². The SMILES string of the molecule is COc1ccc(P(=C2C=Cc3ccccc3C2=C2C(=[OH+])C=Cc3ccccc32)(c2ccc(OC)cc2)c2ccc(OC)cc2)cc1. The lowest BCUT2D eigenvalue weighted by Crippen LogP contribution is -2.31. The number of ketones is 1. The van der Waals surface area contributed by atoms with E-state index < -0.39 is 6.89 Å². The summed E-state index contributed by atoms with van der Waals surface area (Å²) in [7, 11) is 5.07. The van der Waals surface area contributed by atoms with Crippen LogP contribution in [-0.4, -0.2) is 37.2 Å². The highest BCUT2D eigenvalue weighted by atomic mass is 31.2. The molecule has 7 rings (SSSR count). The monoisotopic (exact) mass is 621 g/mol. The van der Waals surface area contributed by atoms with Crippen LogP contribution in [0.3, 0.4) is 0 Å². The topological polar surface area (TPSA) is 49.1 Å². The lowest BCUT2D eigenvalue weighted by molar-refractivity contribution is 0.415. The van der Waals surface area contributed by atoms with Crippen molar-refractivity contribution in [1.29, 1.82) is 0 Å². The summed E-state index contributed by atoms with van der Waals surface area (Å²) >= 11 is 0. The Bertz CT molecular complexity index is 1980. The second-order valence-electron chi connectivity index (χ2n) is 11.1. The molecular formula is C41H34O4P+. The largest absolute Gasteiger partial charge is 0.497 e. The van der Waals surface area contributed by atoms with Gasteiger partial charge in [-0.3, -0.25) is 4.79 Å². The maximum absolute atomic E-state index is 11.8. The summed E-state index contributed by atoms with van der Waals surface area (Å²) in [6.07, 6.45) is 8.28. The van der Waals surface area contributed by atoms with Gasteiger partial charge in [-0.2, -0.15) is 0 Å². The van der Waals surface area contributed by atoms with Gasteiger partial charge in [0.15, 0.2) is 0 Å². The van der Waals surface area contributed by atoms with Gasteiger partial charge in [0.2, 0.25) is 0 Å². The number of fused-ring (bicyclic) bond motifs is 2. The molecule has 0 unspecified atom stereocenters. The van der Waals surface area contributed by atoms with E-state index in [4.69, 9.17) is 14.2 Å². The predicted molar refractivity (Wildman–Crippen MR) is 195 cm³/mol. The van der Waals surface area contributed by atoms with Crippen LogP contribution < -0.4 is 30.1 Å². The Kier molecular flexibility index (Phi) is 7.82. The number of hydrogen-bond acceptors (Lipinski definition) is 3. The van der Waals surface area contributed by atoms with Gasteiger partial charge >= 0.3 is 5.78 Å². The molecule has 5 aromatic carbocycles. The minimum Gasteiger partial charge on any atom is -0.497 e. The molecule has 0 aliphatic heterocycles. The number of carbonyl (C=O) groups excluding carboxylic acids is 1. The van der Waals surface area contributed by atoms with Gasteiger partial charge in [0.05, 0.1) is 26.9 Å². The van der Waals surface area contributed by atoms with Crippen LogP contribution in [0.2, 0.25) is 0 Å². The summed E-state index contributed by atoms with van der Waals surface area (Å²) in [5, 5.41) is 4.60. The van der Waals surface area contributed by atoms with Crippen LogP contribution in [0.5, 0.6) is 17.2 Å². The Morgan fingerprint density at radius 2 is 0.826 bits per heavy atom. The molecule has 5 heteroatoms. The Morgan fingerprint density at radius 3 is 1.26 bits per heavy atom. The second-order valence-corrected chi connectivity index (χ2v) is 14.5. The fourth-order valence-electron chi connectivity index (χ4n) is 6.61. The van der Waals surface area contributed by atoms with Crippen LogP contribution in [0, 0.1) is 0 Å². The minimum absolute atomic E-state index is 0.244. The zero-order valence-electron chi connectivity index (χ0n) is 26.0. The molecule has 0 bridgehead atoms. The first-order chi connectivity index (χ1) is 22.6. The maximum atomic E-state index is 11.8. The van der Waals surface area contributed by atoms with Gasteiger partial charge in [-0.1, -0.05) is 97.1 Å². The third kappa shape index (κ3) is 4.83. The van der Waals surface area contributed by atoms with Crippen LogP contribution in [-0.2, 0) is 0 Å². The third-order valence-electron chi connectivity index (χ3n) is 8.80. The zero-order chi connectivity index (χ0) is 31.7. The molecule has 0 heterocycles. The Hall–Kier alpha value is -5.31. The Labute approximate surface area is 269 Å². The standard InChI is InChI=1S/C41H33O4P/c1-43-30-14-20-33(21-15-30)46(34-22-16-31(44-2)17-23-34,35-24-18-32(45-3)19-25-35)39-27-13-29-9-5-7-11-37(29)41(39)40-36-10-6-4-8-28(36)12-26-38(40)42/h4-27H,1-3H3/p+1. The number of methoxy groups -OCH3 is 3. The molecule has 0 spiro atoms. The van der Waals surface area contributed by atoms with Gasteiger partial charge in [0, 0.05) is 11.6 Å². The fourth-order valence-corrected chi connectivity index (χ4v) is 11.0. The lowest BCUT2D eigenvalue weighted by Gasteiger charge is -2.35. The highest BCUT2D eigenvalue weighted by Crippen LogP contribution is 2.53. The molecule has 4 nitrogen and oxygen atoms in total. The van der Waals surface area contributed by atoms with Gasteiger partial charge < -0.3 is 14.2 Å². The summed E-state index contributed by atoms with van der Waals surface area (Å²) in [5.74, 6) is 2.61. The van der Waals surface area contributed by atoms with Crippen LogP contribution >= 0.6 is 6.89 Å². The molecular weight excluding hydrogens is 587 g/mol. The first-order valence-electron chi connectivity index (χ1n) is 15.1. The summed E-state index contributed by atoms with van der Waals surface area (Å²) < 4.78 is 16.9. The smallest absolute Gasteiger partial charge is 0.348 e. The van der Waals surface area contributed by atoms with Crippen LogP contribution in [0.15, 0.2) is 133 Å². The molecule has 5 aromatic rings. The summed E-state index contributed by atoms with van der Waals surface area (Å²) in [6, 6.07) is 42.0. The Balaban J connectivity index is 1.74. The number of rotatable bonds is 6. The van der Waals surface area contributed by atoms with E-state index in [1.807, 2.05) is 60.7 Å². The average molecular weight is 622 g/mol. The Morgan fingerprint density at radius 1 is 0.435 bits per heavy atom. The quantitative estimate of drug-likeness (QED) is 0.113. The molecule has 2 aliphatic rings. The van der Waals surface area contributed by atoms with Crippen molar-refractivity contribution in [1.82, 2.24) is 0 Å². The normalized spacial score (nSPS) is 15.3. The third-order valence-corrected chi connectivity index (χ3v) is 13.1. The van der Waals surface area contributed by atoms with Crippen LogP contribution in [0.4, 0.5) is 0 Å². The van der Waals surface area contributed by atoms with E-state index in [9.17, 15) is 4.79 Å². The molecule has 2 aliphatic carbocycles. The molecule has 46 heavy (non-hydrogen) atoms. The van der Waals surface area contributed by atoms with E-state index in [1.165, 1.54) is 0 Å². The molecule has 0 fully saturated rings. The first-order valence-corrected chi connectivity index (χ1v) is 16.9. The zero-order valence-corrected chi connectivity index (χ0v) is 26.9. The fraction of sp³-hybridized carbons (Fsp3) is 0.0732. The van der Waals surface area contributed by atoms with Gasteiger partial charge in [-0.05, 0) is 92.8 Å².